The monoisotopic (exact) mass is 217 g/mol. The highest BCUT2D eigenvalue weighted by Crippen LogP contribution is 2.12. The number of hydrogen-bond acceptors (Lipinski definition) is 5. The van der Waals surface area contributed by atoms with Gasteiger partial charge in [-0.25, -0.2) is 4.79 Å². The number of hydrogen-bond donors (Lipinski definition) is 1. The molecular weight excluding hydrogens is 198 g/mol. The van der Waals surface area contributed by atoms with Gasteiger partial charge in [0.15, 0.2) is 0 Å². The van der Waals surface area contributed by atoms with Crippen LogP contribution in [-0.4, -0.2) is 44.5 Å². The summed E-state index contributed by atoms with van der Waals surface area (Å²) in [5.74, 6) is -0.463. The highest BCUT2D eigenvalue weighted by atomic mass is 16.5. The molecule has 1 aliphatic rings. The van der Waals surface area contributed by atoms with Gasteiger partial charge in [0.1, 0.15) is 5.54 Å². The van der Waals surface area contributed by atoms with Crippen molar-refractivity contribution in [2.24, 2.45) is 5.73 Å². The maximum Gasteiger partial charge on any atom is 0.327 e. The van der Waals surface area contributed by atoms with E-state index in [4.69, 9.17) is 15.2 Å². The number of esters is 1. The van der Waals surface area contributed by atoms with Crippen LogP contribution in [0, 0.1) is 0 Å². The van der Waals surface area contributed by atoms with Crippen molar-refractivity contribution in [3.05, 3.63) is 0 Å². The zero-order valence-corrected chi connectivity index (χ0v) is 9.32. The molecule has 5 heteroatoms. The number of methoxy groups -OCH3 is 1. The third kappa shape index (κ3) is 3.77. The third-order valence-corrected chi connectivity index (χ3v) is 2.38. The van der Waals surface area contributed by atoms with Gasteiger partial charge in [-0.1, -0.05) is 0 Å². The van der Waals surface area contributed by atoms with Crippen LogP contribution in [0.3, 0.4) is 0 Å². The molecule has 2 N–H and O–H groups in total. The van der Waals surface area contributed by atoms with Gasteiger partial charge in [0.2, 0.25) is 0 Å². The van der Waals surface area contributed by atoms with Crippen LogP contribution in [-0.2, 0) is 19.0 Å². The summed E-state index contributed by atoms with van der Waals surface area (Å²) in [7, 11) is 1.31. The molecule has 0 aromatic rings. The molecule has 1 rings (SSSR count). The fourth-order valence-electron chi connectivity index (χ4n) is 1.47. The molecule has 2 unspecified atom stereocenters. The summed E-state index contributed by atoms with van der Waals surface area (Å²) in [5, 5.41) is 0. The maximum absolute atomic E-state index is 11.2. The predicted octanol–water partition coefficient (Wildman–Crippen LogP) is 0.0724. The van der Waals surface area contributed by atoms with Gasteiger partial charge >= 0.3 is 5.97 Å². The van der Waals surface area contributed by atoms with E-state index in [2.05, 4.69) is 4.74 Å². The highest BCUT2D eigenvalue weighted by Gasteiger charge is 2.30. The topological polar surface area (TPSA) is 70.8 Å². The predicted molar refractivity (Wildman–Crippen MR) is 54.4 cm³/mol. The SMILES string of the molecule is COC(=O)C(C)(N)COCC1CCCO1. The Labute approximate surface area is 89.9 Å². The molecule has 1 heterocycles. The Bertz CT molecular complexity index is 211. The second-order valence-electron chi connectivity index (χ2n) is 4.06. The quantitative estimate of drug-likeness (QED) is 0.660. The smallest absolute Gasteiger partial charge is 0.327 e. The second kappa shape index (κ2) is 5.44. The van der Waals surface area contributed by atoms with E-state index in [1.807, 2.05) is 0 Å². The molecule has 0 aromatic carbocycles. The van der Waals surface area contributed by atoms with E-state index in [-0.39, 0.29) is 12.7 Å². The zero-order valence-electron chi connectivity index (χ0n) is 9.32. The van der Waals surface area contributed by atoms with Crippen LogP contribution in [0.5, 0.6) is 0 Å². The minimum Gasteiger partial charge on any atom is -0.468 e. The number of carbonyl (C=O) groups excluding carboxylic acids is 1. The first-order valence-corrected chi connectivity index (χ1v) is 5.13. The van der Waals surface area contributed by atoms with Gasteiger partial charge in [0.05, 0.1) is 26.4 Å². The summed E-state index contributed by atoms with van der Waals surface area (Å²) in [5.41, 5.74) is 4.64. The van der Waals surface area contributed by atoms with E-state index in [1.165, 1.54) is 7.11 Å². The number of rotatable bonds is 5. The van der Waals surface area contributed by atoms with Crippen molar-refractivity contribution in [1.82, 2.24) is 0 Å². The molecule has 1 aliphatic heterocycles. The first-order chi connectivity index (χ1) is 7.06. The molecular formula is C10H19NO4. The largest absolute Gasteiger partial charge is 0.468 e. The lowest BCUT2D eigenvalue weighted by Crippen LogP contribution is -2.50. The van der Waals surface area contributed by atoms with Crippen LogP contribution >= 0.6 is 0 Å². The minimum atomic E-state index is -1.08. The number of ether oxygens (including phenoxy) is 3. The van der Waals surface area contributed by atoms with Crippen LogP contribution in [0.2, 0.25) is 0 Å². The molecule has 0 saturated carbocycles. The van der Waals surface area contributed by atoms with E-state index in [0.717, 1.165) is 19.4 Å². The molecule has 88 valence electrons. The standard InChI is InChI=1S/C10H19NO4/c1-10(11,9(12)13-2)7-14-6-8-4-3-5-15-8/h8H,3-7,11H2,1-2H3. The highest BCUT2D eigenvalue weighted by molar-refractivity contribution is 5.80. The number of carbonyl (C=O) groups is 1. The fourth-order valence-corrected chi connectivity index (χ4v) is 1.47. The summed E-state index contributed by atoms with van der Waals surface area (Å²) < 4.78 is 15.3. The summed E-state index contributed by atoms with van der Waals surface area (Å²) in [6.07, 6.45) is 2.24. The second-order valence-corrected chi connectivity index (χ2v) is 4.06. The summed E-state index contributed by atoms with van der Waals surface area (Å²) >= 11 is 0. The van der Waals surface area contributed by atoms with E-state index in [1.54, 1.807) is 6.92 Å². The van der Waals surface area contributed by atoms with Crippen LogP contribution in [0.25, 0.3) is 0 Å². The van der Waals surface area contributed by atoms with Gasteiger partial charge < -0.3 is 19.9 Å². The van der Waals surface area contributed by atoms with E-state index < -0.39 is 11.5 Å². The Hall–Kier alpha value is -0.650. The first kappa shape index (κ1) is 12.4. The van der Waals surface area contributed by atoms with E-state index >= 15 is 0 Å². The van der Waals surface area contributed by atoms with Gasteiger partial charge in [-0.2, -0.15) is 0 Å². The van der Waals surface area contributed by atoms with Gasteiger partial charge in [-0.15, -0.1) is 0 Å². The molecule has 0 spiro atoms. The van der Waals surface area contributed by atoms with Crippen molar-refractivity contribution >= 4 is 5.97 Å². The lowest BCUT2D eigenvalue weighted by Gasteiger charge is -2.22. The Kier molecular flexibility index (Phi) is 4.50. The normalized spacial score (nSPS) is 24.9. The Balaban J connectivity index is 2.20. The summed E-state index contributed by atoms with van der Waals surface area (Å²) in [4.78, 5) is 11.2. The Morgan fingerprint density at radius 1 is 1.67 bits per heavy atom. The molecule has 0 aromatic heterocycles. The van der Waals surface area contributed by atoms with Crippen molar-refractivity contribution in [3.8, 4) is 0 Å². The molecule has 0 aliphatic carbocycles. The van der Waals surface area contributed by atoms with E-state index in [9.17, 15) is 4.79 Å². The van der Waals surface area contributed by atoms with Crippen molar-refractivity contribution < 1.29 is 19.0 Å². The van der Waals surface area contributed by atoms with Crippen LogP contribution in [0.4, 0.5) is 0 Å². The molecule has 5 nitrogen and oxygen atoms in total. The lowest BCUT2D eigenvalue weighted by atomic mass is 10.1. The van der Waals surface area contributed by atoms with Crippen molar-refractivity contribution in [2.75, 3.05) is 26.9 Å². The molecule has 0 bridgehead atoms. The van der Waals surface area contributed by atoms with Crippen LogP contribution < -0.4 is 5.73 Å². The zero-order chi connectivity index (χ0) is 11.3. The average molecular weight is 217 g/mol. The molecule has 2 atom stereocenters. The Morgan fingerprint density at radius 3 is 2.93 bits per heavy atom. The van der Waals surface area contributed by atoms with Crippen molar-refractivity contribution in [2.45, 2.75) is 31.4 Å². The first-order valence-electron chi connectivity index (χ1n) is 5.13. The van der Waals surface area contributed by atoms with Crippen LogP contribution in [0.15, 0.2) is 0 Å². The Morgan fingerprint density at radius 2 is 2.40 bits per heavy atom. The van der Waals surface area contributed by atoms with Gasteiger partial charge in [0, 0.05) is 6.61 Å². The molecule has 0 radical (unpaired) electrons. The number of nitrogens with two attached hydrogens (primary N) is 1. The summed E-state index contributed by atoms with van der Waals surface area (Å²) in [6.45, 7) is 3.03. The fraction of sp³-hybridized carbons (Fsp3) is 0.900. The average Bonchev–Trinajstić information content (AvgIpc) is 2.69. The lowest BCUT2D eigenvalue weighted by molar-refractivity contribution is -0.149. The van der Waals surface area contributed by atoms with Gasteiger partial charge in [-0.05, 0) is 19.8 Å². The molecule has 0 amide bonds. The van der Waals surface area contributed by atoms with Crippen molar-refractivity contribution in [1.29, 1.82) is 0 Å². The molecule has 1 fully saturated rings. The van der Waals surface area contributed by atoms with Gasteiger partial charge in [0.25, 0.3) is 0 Å². The molecule has 15 heavy (non-hydrogen) atoms. The maximum atomic E-state index is 11.2. The van der Waals surface area contributed by atoms with Crippen LogP contribution in [0.1, 0.15) is 19.8 Å². The van der Waals surface area contributed by atoms with Gasteiger partial charge in [-0.3, -0.25) is 0 Å². The van der Waals surface area contributed by atoms with E-state index in [0.29, 0.717) is 6.61 Å². The minimum absolute atomic E-state index is 0.151. The third-order valence-electron chi connectivity index (χ3n) is 2.38. The van der Waals surface area contributed by atoms with Crippen molar-refractivity contribution in [3.63, 3.8) is 0 Å². The molecule has 1 saturated heterocycles. The summed E-state index contributed by atoms with van der Waals surface area (Å²) in [6, 6.07) is 0.